The van der Waals surface area contributed by atoms with Crippen LogP contribution >= 0.6 is 0 Å². The summed E-state index contributed by atoms with van der Waals surface area (Å²) >= 11 is 0. The van der Waals surface area contributed by atoms with Crippen molar-refractivity contribution in [3.05, 3.63) is 6.33 Å². The van der Waals surface area contributed by atoms with Crippen LogP contribution in [0.2, 0.25) is 0 Å². The first kappa shape index (κ1) is 14.0. The summed E-state index contributed by atoms with van der Waals surface area (Å²) in [4.78, 5) is 18.5. The first-order chi connectivity index (χ1) is 10.3. The lowest BCUT2D eigenvalue weighted by molar-refractivity contribution is -0.00461. The summed E-state index contributed by atoms with van der Waals surface area (Å²) in [5, 5.41) is 3.14. The van der Waals surface area contributed by atoms with E-state index in [2.05, 4.69) is 30.2 Å². The van der Waals surface area contributed by atoms with Gasteiger partial charge in [0.1, 0.15) is 17.7 Å². The minimum absolute atomic E-state index is 0.0329. The molecule has 3 rings (SSSR count). The Bertz CT molecular complexity index is 604. The third-order valence-corrected chi connectivity index (χ3v) is 3.72. The molecular weight excluding hydrogens is 272 g/mol. The van der Waals surface area contributed by atoms with Gasteiger partial charge in [-0.25, -0.2) is 4.98 Å². The molecule has 0 bridgehead atoms. The molecule has 1 aliphatic heterocycles. The highest BCUT2D eigenvalue weighted by molar-refractivity contribution is 5.84. The largest absolute Gasteiger partial charge is 0.377 e. The number of aromatic amines is 1. The second kappa shape index (κ2) is 5.82. The minimum Gasteiger partial charge on any atom is -0.377 e. The predicted molar refractivity (Wildman–Crippen MR) is 79.7 cm³/mol. The lowest BCUT2D eigenvalue weighted by atomic mass is 10.3. The van der Waals surface area contributed by atoms with Crippen LogP contribution in [0, 0.1) is 0 Å². The maximum atomic E-state index is 5.49. The number of fused-ring (bicyclic) bond motifs is 1. The molecule has 0 aliphatic carbocycles. The van der Waals surface area contributed by atoms with Crippen molar-refractivity contribution in [1.82, 2.24) is 19.9 Å². The van der Waals surface area contributed by atoms with E-state index in [0.717, 1.165) is 31.0 Å². The van der Waals surface area contributed by atoms with E-state index in [4.69, 9.17) is 9.47 Å². The number of hydrogen-bond acceptors (Lipinski definition) is 7. The van der Waals surface area contributed by atoms with Crippen LogP contribution in [-0.2, 0) is 9.47 Å². The topological polar surface area (TPSA) is 88.2 Å². The Balaban J connectivity index is 1.97. The van der Waals surface area contributed by atoms with Crippen molar-refractivity contribution < 1.29 is 9.47 Å². The smallest absolute Gasteiger partial charge is 0.226 e. The molecule has 8 heteroatoms. The average molecular weight is 292 g/mol. The van der Waals surface area contributed by atoms with Gasteiger partial charge in [-0.05, 0) is 6.92 Å². The molecule has 1 fully saturated rings. The zero-order valence-electron chi connectivity index (χ0n) is 12.5. The molecule has 0 amide bonds. The summed E-state index contributed by atoms with van der Waals surface area (Å²) in [6, 6.07) is 0. The summed E-state index contributed by atoms with van der Waals surface area (Å²) in [5.41, 5.74) is 1.49. The normalized spacial score (nSPS) is 22.1. The zero-order chi connectivity index (χ0) is 14.8. The Labute approximate surface area is 122 Å². The van der Waals surface area contributed by atoms with Crippen molar-refractivity contribution in [3.63, 3.8) is 0 Å². The van der Waals surface area contributed by atoms with Crippen LogP contribution in [0.25, 0.3) is 11.2 Å². The molecule has 2 N–H and O–H groups in total. The quantitative estimate of drug-likeness (QED) is 0.835. The number of nitrogens with one attached hydrogen (secondary N) is 2. The first-order valence-electron chi connectivity index (χ1n) is 7.02. The van der Waals surface area contributed by atoms with Gasteiger partial charge in [-0.15, -0.1) is 0 Å². The van der Waals surface area contributed by atoms with Gasteiger partial charge in [-0.2, -0.15) is 9.97 Å². The molecule has 1 aliphatic rings. The summed E-state index contributed by atoms with van der Waals surface area (Å²) < 4.78 is 11.0. The third-order valence-electron chi connectivity index (χ3n) is 3.72. The molecule has 0 aromatic carbocycles. The molecule has 2 atom stereocenters. The van der Waals surface area contributed by atoms with Gasteiger partial charge in [0.25, 0.3) is 0 Å². The highest BCUT2D eigenvalue weighted by Crippen LogP contribution is 2.27. The van der Waals surface area contributed by atoms with E-state index in [1.54, 1.807) is 20.5 Å². The van der Waals surface area contributed by atoms with Gasteiger partial charge < -0.3 is 24.7 Å². The summed E-state index contributed by atoms with van der Waals surface area (Å²) in [5.74, 6) is 1.41. The number of H-pyrrole nitrogens is 1. The van der Waals surface area contributed by atoms with Gasteiger partial charge in [0.05, 0.1) is 6.33 Å². The van der Waals surface area contributed by atoms with Crippen molar-refractivity contribution in [3.8, 4) is 0 Å². The fraction of sp³-hybridized carbons (Fsp3) is 0.615. The van der Waals surface area contributed by atoms with E-state index >= 15 is 0 Å². The van der Waals surface area contributed by atoms with E-state index in [1.807, 2.05) is 6.92 Å². The van der Waals surface area contributed by atoms with Crippen LogP contribution in [0.1, 0.15) is 6.92 Å². The van der Waals surface area contributed by atoms with E-state index in [-0.39, 0.29) is 12.2 Å². The molecule has 2 aromatic heterocycles. The Morgan fingerprint density at radius 1 is 1.29 bits per heavy atom. The molecule has 8 nitrogen and oxygen atoms in total. The summed E-state index contributed by atoms with van der Waals surface area (Å²) in [7, 11) is 3.41. The second-order valence-electron chi connectivity index (χ2n) is 4.96. The highest BCUT2D eigenvalue weighted by Gasteiger charge is 2.35. The van der Waals surface area contributed by atoms with Crippen molar-refractivity contribution in [2.24, 2.45) is 0 Å². The standard InChI is InChI=1S/C13H20N6O2/c1-4-14-13-17-11-10(15-7-16-11)12(18-13)19-5-8(20-2)9(6-19)21-3/h7-9H,4-6H2,1-3H3,(H2,14,15,16,17,18). The Morgan fingerprint density at radius 2 is 2.00 bits per heavy atom. The SMILES string of the molecule is CCNc1nc(N2CC(OC)C(OC)C2)c2[nH]cnc2n1. The van der Waals surface area contributed by atoms with Crippen molar-refractivity contribution >= 4 is 22.9 Å². The zero-order valence-corrected chi connectivity index (χ0v) is 12.5. The van der Waals surface area contributed by atoms with Crippen LogP contribution in [-0.4, -0.2) is 66.0 Å². The molecule has 3 heterocycles. The molecule has 21 heavy (non-hydrogen) atoms. The average Bonchev–Trinajstić information content (AvgIpc) is 3.12. The van der Waals surface area contributed by atoms with E-state index in [1.165, 1.54) is 0 Å². The number of hydrogen-bond donors (Lipinski definition) is 2. The Morgan fingerprint density at radius 3 is 2.62 bits per heavy atom. The molecular formula is C13H20N6O2. The number of aromatic nitrogens is 4. The molecule has 1 saturated heterocycles. The van der Waals surface area contributed by atoms with E-state index in [9.17, 15) is 0 Å². The second-order valence-corrected chi connectivity index (χ2v) is 4.96. The number of rotatable bonds is 5. The van der Waals surface area contributed by atoms with Crippen LogP contribution in [0.15, 0.2) is 6.33 Å². The molecule has 0 radical (unpaired) electrons. The highest BCUT2D eigenvalue weighted by atomic mass is 16.5. The van der Waals surface area contributed by atoms with E-state index < -0.39 is 0 Å². The molecule has 2 aromatic rings. The van der Waals surface area contributed by atoms with Gasteiger partial charge >= 0.3 is 0 Å². The third kappa shape index (κ3) is 2.52. The van der Waals surface area contributed by atoms with Gasteiger partial charge in [-0.3, -0.25) is 0 Å². The fourth-order valence-electron chi connectivity index (χ4n) is 2.65. The monoisotopic (exact) mass is 292 g/mol. The van der Waals surface area contributed by atoms with Crippen molar-refractivity contribution in [2.45, 2.75) is 19.1 Å². The maximum absolute atomic E-state index is 5.49. The number of nitrogens with zero attached hydrogens (tertiary/aromatic N) is 4. The first-order valence-corrected chi connectivity index (χ1v) is 7.02. The Hall–Kier alpha value is -1.93. The number of imidazole rings is 1. The van der Waals surface area contributed by atoms with Gasteiger partial charge in [0, 0.05) is 33.9 Å². The van der Waals surface area contributed by atoms with Gasteiger partial charge in [0.15, 0.2) is 11.5 Å². The lowest BCUT2D eigenvalue weighted by Gasteiger charge is -2.18. The van der Waals surface area contributed by atoms with E-state index in [0.29, 0.717) is 11.6 Å². The summed E-state index contributed by atoms with van der Waals surface area (Å²) in [6.45, 7) is 4.23. The van der Waals surface area contributed by atoms with Crippen molar-refractivity contribution in [2.75, 3.05) is 44.1 Å². The van der Waals surface area contributed by atoms with Crippen molar-refractivity contribution in [1.29, 1.82) is 0 Å². The predicted octanol–water partition coefficient (Wildman–Crippen LogP) is 0.635. The van der Waals surface area contributed by atoms with Crippen LogP contribution in [0.4, 0.5) is 11.8 Å². The minimum atomic E-state index is 0.0329. The fourth-order valence-corrected chi connectivity index (χ4v) is 2.65. The Kier molecular flexibility index (Phi) is 3.89. The van der Waals surface area contributed by atoms with Gasteiger partial charge in [-0.1, -0.05) is 0 Å². The molecule has 114 valence electrons. The van der Waals surface area contributed by atoms with Crippen LogP contribution < -0.4 is 10.2 Å². The number of methoxy groups -OCH3 is 2. The number of ether oxygens (including phenoxy) is 2. The van der Waals surface area contributed by atoms with Gasteiger partial charge in [0.2, 0.25) is 5.95 Å². The van der Waals surface area contributed by atoms with Crippen LogP contribution in [0.3, 0.4) is 0 Å². The molecule has 2 unspecified atom stereocenters. The maximum Gasteiger partial charge on any atom is 0.226 e. The van der Waals surface area contributed by atoms with Crippen LogP contribution in [0.5, 0.6) is 0 Å². The molecule has 0 saturated carbocycles. The number of anilines is 2. The lowest BCUT2D eigenvalue weighted by Crippen LogP contribution is -2.27. The molecule has 0 spiro atoms. The summed E-state index contributed by atoms with van der Waals surface area (Å²) in [6.07, 6.45) is 1.70.